The fourth-order valence-electron chi connectivity index (χ4n) is 2.74. The molecule has 1 fully saturated rings. The van der Waals surface area contributed by atoms with E-state index in [0.29, 0.717) is 41.1 Å². The summed E-state index contributed by atoms with van der Waals surface area (Å²) < 4.78 is 5.00. The van der Waals surface area contributed by atoms with Crippen LogP contribution in [0.25, 0.3) is 0 Å². The van der Waals surface area contributed by atoms with Crippen LogP contribution in [0.2, 0.25) is 0 Å². The topological polar surface area (TPSA) is 79.5 Å². The third-order valence-electron chi connectivity index (χ3n) is 3.97. The first kappa shape index (κ1) is 16.8. The molecular formula is C16H20N4O3S. The van der Waals surface area contributed by atoms with E-state index >= 15 is 0 Å². The summed E-state index contributed by atoms with van der Waals surface area (Å²) in [6.07, 6.45) is 0.896. The summed E-state index contributed by atoms with van der Waals surface area (Å²) >= 11 is 1.27. The lowest BCUT2D eigenvalue weighted by molar-refractivity contribution is 0.0765. The van der Waals surface area contributed by atoms with Crippen molar-refractivity contribution in [2.75, 3.05) is 26.2 Å². The molecule has 7 nitrogen and oxygen atoms in total. The van der Waals surface area contributed by atoms with Gasteiger partial charge in [0.2, 0.25) is 5.89 Å². The first-order valence-corrected chi connectivity index (χ1v) is 8.76. The molecule has 0 aromatic carbocycles. The fraction of sp³-hybridized carbons (Fsp3) is 0.500. The molecule has 0 bridgehead atoms. The Labute approximate surface area is 144 Å². The molecule has 0 atom stereocenters. The number of nitrogens with zero attached hydrogens (tertiary/aromatic N) is 4. The van der Waals surface area contributed by atoms with Crippen LogP contribution in [0.1, 0.15) is 44.4 Å². The van der Waals surface area contributed by atoms with Gasteiger partial charge in [0.1, 0.15) is 0 Å². The Morgan fingerprint density at radius 1 is 1.21 bits per heavy atom. The van der Waals surface area contributed by atoms with Gasteiger partial charge in [-0.15, -0.1) is 11.3 Å². The number of ketones is 1. The lowest BCUT2D eigenvalue weighted by atomic mass is 10.3. The molecule has 1 aliphatic rings. The molecule has 0 unspecified atom stereocenters. The van der Waals surface area contributed by atoms with Crippen LogP contribution in [0.15, 0.2) is 16.7 Å². The molecule has 0 N–H and O–H groups in total. The van der Waals surface area contributed by atoms with Crippen LogP contribution in [0.4, 0.5) is 0 Å². The Morgan fingerprint density at radius 2 is 2.00 bits per heavy atom. The summed E-state index contributed by atoms with van der Waals surface area (Å²) in [6, 6.07) is 3.47. The molecule has 0 spiro atoms. The zero-order chi connectivity index (χ0) is 17.1. The van der Waals surface area contributed by atoms with E-state index < -0.39 is 0 Å². The molecule has 1 saturated heterocycles. The maximum absolute atomic E-state index is 12.6. The highest BCUT2D eigenvalue weighted by atomic mass is 32.1. The average Bonchev–Trinajstić information content (AvgIpc) is 3.12. The van der Waals surface area contributed by atoms with E-state index in [1.54, 1.807) is 19.1 Å². The molecule has 3 rings (SSSR count). The van der Waals surface area contributed by atoms with Crippen LogP contribution < -0.4 is 0 Å². The van der Waals surface area contributed by atoms with Gasteiger partial charge >= 0.3 is 0 Å². The zero-order valence-corrected chi connectivity index (χ0v) is 14.6. The summed E-state index contributed by atoms with van der Waals surface area (Å²) in [5, 5.41) is 3.92. The third-order valence-corrected chi connectivity index (χ3v) is 5.15. The van der Waals surface area contributed by atoms with Crippen molar-refractivity contribution in [1.82, 2.24) is 19.9 Å². The largest absolute Gasteiger partial charge is 0.340 e. The minimum atomic E-state index is -0.00324. The SMILES string of the molecule is CC(=O)c1ccc(C(=O)N2CCCN(Cc3noc(C)n3)CC2)s1. The number of hydrogen-bond acceptors (Lipinski definition) is 7. The third kappa shape index (κ3) is 3.88. The van der Waals surface area contributed by atoms with Crippen molar-refractivity contribution < 1.29 is 14.1 Å². The molecule has 0 saturated carbocycles. The second kappa shape index (κ2) is 7.23. The zero-order valence-electron chi connectivity index (χ0n) is 13.8. The minimum absolute atomic E-state index is 0.00324. The summed E-state index contributed by atoms with van der Waals surface area (Å²) in [7, 11) is 0. The first-order chi connectivity index (χ1) is 11.5. The first-order valence-electron chi connectivity index (χ1n) is 7.94. The molecule has 8 heteroatoms. The summed E-state index contributed by atoms with van der Waals surface area (Å²) in [6.45, 7) is 6.95. The van der Waals surface area contributed by atoms with Gasteiger partial charge in [-0.1, -0.05) is 5.16 Å². The van der Waals surface area contributed by atoms with Gasteiger partial charge in [-0.25, -0.2) is 0 Å². The average molecular weight is 348 g/mol. The molecule has 0 radical (unpaired) electrons. The molecular weight excluding hydrogens is 328 g/mol. The monoisotopic (exact) mass is 348 g/mol. The smallest absolute Gasteiger partial charge is 0.263 e. The van der Waals surface area contributed by atoms with Crippen LogP contribution in [0, 0.1) is 6.92 Å². The second-order valence-corrected chi connectivity index (χ2v) is 6.96. The molecule has 1 amide bonds. The molecule has 0 aliphatic carbocycles. The Kier molecular flexibility index (Phi) is 5.06. The molecule has 3 heterocycles. The maximum Gasteiger partial charge on any atom is 0.263 e. The fourth-order valence-corrected chi connectivity index (χ4v) is 3.60. The van der Waals surface area contributed by atoms with E-state index in [2.05, 4.69) is 15.0 Å². The lowest BCUT2D eigenvalue weighted by Crippen LogP contribution is -2.34. The van der Waals surface area contributed by atoms with Crippen molar-refractivity contribution in [2.45, 2.75) is 26.8 Å². The van der Waals surface area contributed by atoms with Gasteiger partial charge in [0.15, 0.2) is 11.6 Å². The highest BCUT2D eigenvalue weighted by Gasteiger charge is 2.22. The molecule has 2 aromatic rings. The number of carbonyl (C=O) groups is 2. The van der Waals surface area contributed by atoms with Crippen molar-refractivity contribution in [3.63, 3.8) is 0 Å². The van der Waals surface area contributed by atoms with Gasteiger partial charge < -0.3 is 9.42 Å². The normalized spacial score (nSPS) is 16.2. The summed E-state index contributed by atoms with van der Waals surface area (Å²) in [4.78, 5) is 33.6. The van der Waals surface area contributed by atoms with Gasteiger partial charge in [-0.05, 0) is 25.5 Å². The van der Waals surface area contributed by atoms with E-state index in [-0.39, 0.29) is 11.7 Å². The number of aromatic nitrogens is 2. The maximum atomic E-state index is 12.6. The van der Waals surface area contributed by atoms with E-state index in [1.807, 2.05) is 4.90 Å². The quantitative estimate of drug-likeness (QED) is 0.786. The lowest BCUT2D eigenvalue weighted by Gasteiger charge is -2.20. The van der Waals surface area contributed by atoms with Gasteiger partial charge in [-0.3, -0.25) is 14.5 Å². The Hall–Kier alpha value is -2.06. The van der Waals surface area contributed by atoms with Crippen molar-refractivity contribution >= 4 is 23.0 Å². The Bertz CT molecular complexity index is 739. The molecule has 1 aliphatic heterocycles. The number of carbonyl (C=O) groups excluding carboxylic acids is 2. The number of rotatable bonds is 4. The van der Waals surface area contributed by atoms with Crippen molar-refractivity contribution in [3.05, 3.63) is 33.6 Å². The molecule has 24 heavy (non-hydrogen) atoms. The highest BCUT2D eigenvalue weighted by molar-refractivity contribution is 7.15. The number of Topliss-reactive ketones (excluding diaryl/α,β-unsaturated/α-hetero) is 1. The number of amides is 1. The Balaban J connectivity index is 1.60. The van der Waals surface area contributed by atoms with Crippen LogP contribution >= 0.6 is 11.3 Å². The summed E-state index contributed by atoms with van der Waals surface area (Å²) in [5.41, 5.74) is 0. The van der Waals surface area contributed by atoms with Crippen molar-refractivity contribution in [3.8, 4) is 0 Å². The number of thiophene rings is 1. The predicted octanol–water partition coefficient (Wildman–Crippen LogP) is 1.99. The predicted molar refractivity (Wildman–Crippen MR) is 89.2 cm³/mol. The van der Waals surface area contributed by atoms with E-state index in [0.717, 1.165) is 19.5 Å². The van der Waals surface area contributed by atoms with Crippen LogP contribution in [0.3, 0.4) is 0 Å². The number of hydrogen-bond donors (Lipinski definition) is 0. The van der Waals surface area contributed by atoms with Gasteiger partial charge in [0.05, 0.1) is 16.3 Å². The van der Waals surface area contributed by atoms with Gasteiger partial charge in [0.25, 0.3) is 5.91 Å². The number of aryl methyl sites for hydroxylation is 1. The van der Waals surface area contributed by atoms with Gasteiger partial charge in [0, 0.05) is 33.1 Å². The highest BCUT2D eigenvalue weighted by Crippen LogP contribution is 2.20. The van der Waals surface area contributed by atoms with E-state index in [1.165, 1.54) is 18.3 Å². The van der Waals surface area contributed by atoms with E-state index in [9.17, 15) is 9.59 Å². The standard InChI is InChI=1S/C16H20N4O3S/c1-11(21)13-4-5-14(24-13)16(22)20-7-3-6-19(8-9-20)10-15-17-12(2)23-18-15/h4-5H,3,6-10H2,1-2H3. The second-order valence-electron chi connectivity index (χ2n) is 5.87. The van der Waals surface area contributed by atoms with Crippen LogP contribution in [-0.2, 0) is 6.54 Å². The molecule has 128 valence electrons. The van der Waals surface area contributed by atoms with Crippen molar-refractivity contribution in [1.29, 1.82) is 0 Å². The Morgan fingerprint density at radius 3 is 2.67 bits per heavy atom. The summed E-state index contributed by atoms with van der Waals surface area (Å²) in [5.74, 6) is 1.24. The van der Waals surface area contributed by atoms with Crippen LogP contribution in [-0.4, -0.2) is 57.8 Å². The van der Waals surface area contributed by atoms with Crippen molar-refractivity contribution in [2.24, 2.45) is 0 Å². The van der Waals surface area contributed by atoms with E-state index in [4.69, 9.17) is 4.52 Å². The van der Waals surface area contributed by atoms with Crippen LogP contribution in [0.5, 0.6) is 0 Å². The molecule has 2 aromatic heterocycles. The van der Waals surface area contributed by atoms with Gasteiger partial charge in [-0.2, -0.15) is 4.98 Å². The minimum Gasteiger partial charge on any atom is -0.340 e.